The monoisotopic (exact) mass is 428 g/mol. The van der Waals surface area contributed by atoms with E-state index in [9.17, 15) is 9.59 Å². The summed E-state index contributed by atoms with van der Waals surface area (Å²) in [7, 11) is 0. The standard InChI is InChI=1S/C18H18O3.C6H10O4/c1-3-7-14(8-4-1)18(17-13-20-17,21-12-16-11-19-16)15-9-5-2-6-10-15;7-5(8)3-1-2-4-6(9)10/h1-10,16-17H,11-13H2;1-4H2,(H,7,8)(H,9,10). The predicted molar refractivity (Wildman–Crippen MR) is 113 cm³/mol. The maximum atomic E-state index is 9.90. The minimum atomic E-state index is -0.870. The Bertz CT molecular complexity index is 774. The number of hydrogen-bond donors (Lipinski definition) is 2. The minimum absolute atomic E-state index is 0.0628. The molecule has 0 bridgehead atoms. The summed E-state index contributed by atoms with van der Waals surface area (Å²) in [6, 6.07) is 20.7. The van der Waals surface area contributed by atoms with Gasteiger partial charge in [-0.25, -0.2) is 0 Å². The van der Waals surface area contributed by atoms with Crippen molar-refractivity contribution in [1.29, 1.82) is 0 Å². The summed E-state index contributed by atoms with van der Waals surface area (Å²) < 4.78 is 17.4. The van der Waals surface area contributed by atoms with Crippen LogP contribution in [-0.2, 0) is 29.4 Å². The molecular formula is C24H28O7. The number of rotatable bonds is 11. The van der Waals surface area contributed by atoms with Crippen LogP contribution in [0.3, 0.4) is 0 Å². The van der Waals surface area contributed by atoms with Gasteiger partial charge in [0.2, 0.25) is 0 Å². The minimum Gasteiger partial charge on any atom is -0.481 e. The van der Waals surface area contributed by atoms with Crippen LogP contribution in [0.1, 0.15) is 36.8 Å². The van der Waals surface area contributed by atoms with E-state index in [1.807, 2.05) is 36.4 Å². The van der Waals surface area contributed by atoms with Gasteiger partial charge in [0.05, 0.1) is 19.8 Å². The molecule has 0 spiro atoms. The van der Waals surface area contributed by atoms with Crippen LogP contribution in [-0.4, -0.2) is 54.2 Å². The predicted octanol–water partition coefficient (Wildman–Crippen LogP) is 3.46. The van der Waals surface area contributed by atoms with Crippen molar-refractivity contribution in [2.24, 2.45) is 0 Å². The fourth-order valence-corrected chi connectivity index (χ4v) is 3.39. The van der Waals surface area contributed by atoms with E-state index in [0.29, 0.717) is 19.4 Å². The Kier molecular flexibility index (Phi) is 8.17. The maximum absolute atomic E-state index is 9.90. The van der Waals surface area contributed by atoms with E-state index in [2.05, 4.69) is 24.3 Å². The van der Waals surface area contributed by atoms with E-state index in [1.54, 1.807) is 0 Å². The molecule has 7 heteroatoms. The second-order valence-electron chi connectivity index (χ2n) is 7.55. The van der Waals surface area contributed by atoms with Crippen LogP contribution in [0.15, 0.2) is 60.7 Å². The molecule has 2 aliphatic rings. The Morgan fingerprint density at radius 1 is 0.839 bits per heavy atom. The molecule has 0 aliphatic carbocycles. The molecule has 2 aromatic rings. The first-order chi connectivity index (χ1) is 15.0. The topological polar surface area (TPSA) is 109 Å². The fraction of sp³-hybridized carbons (Fsp3) is 0.417. The smallest absolute Gasteiger partial charge is 0.303 e. The summed E-state index contributed by atoms with van der Waals surface area (Å²) in [5, 5.41) is 16.3. The number of carboxylic acid groups (broad SMARTS) is 2. The van der Waals surface area contributed by atoms with Crippen molar-refractivity contribution in [3.8, 4) is 0 Å². The number of aliphatic carboxylic acids is 2. The summed E-state index contributed by atoms with van der Waals surface area (Å²) in [5.74, 6) is -1.74. The van der Waals surface area contributed by atoms with Crippen molar-refractivity contribution >= 4 is 11.9 Å². The van der Waals surface area contributed by atoms with Crippen LogP contribution in [0.4, 0.5) is 0 Å². The van der Waals surface area contributed by atoms with Gasteiger partial charge in [-0.2, -0.15) is 0 Å². The third kappa shape index (κ3) is 6.89. The molecule has 2 atom stereocenters. The van der Waals surface area contributed by atoms with Crippen LogP contribution in [0.2, 0.25) is 0 Å². The molecular weight excluding hydrogens is 400 g/mol. The Morgan fingerprint density at radius 2 is 1.29 bits per heavy atom. The molecule has 166 valence electrons. The number of benzene rings is 2. The van der Waals surface area contributed by atoms with E-state index in [-0.39, 0.29) is 25.0 Å². The van der Waals surface area contributed by atoms with Crippen molar-refractivity contribution < 1.29 is 34.0 Å². The molecule has 2 aliphatic heterocycles. The van der Waals surface area contributed by atoms with E-state index in [4.69, 9.17) is 24.4 Å². The lowest BCUT2D eigenvalue weighted by molar-refractivity contribution is -0.139. The summed E-state index contributed by atoms with van der Waals surface area (Å²) in [4.78, 5) is 19.8. The van der Waals surface area contributed by atoms with E-state index < -0.39 is 17.5 Å². The van der Waals surface area contributed by atoms with Crippen LogP contribution in [0.5, 0.6) is 0 Å². The second kappa shape index (κ2) is 11.0. The lowest BCUT2D eigenvalue weighted by Crippen LogP contribution is -2.38. The normalized spacial score (nSPS) is 19.1. The van der Waals surface area contributed by atoms with Crippen molar-refractivity contribution in [2.75, 3.05) is 19.8 Å². The number of unbranched alkanes of at least 4 members (excludes halogenated alkanes) is 1. The Labute approximate surface area is 181 Å². The third-order valence-corrected chi connectivity index (χ3v) is 5.12. The molecule has 0 saturated carbocycles. The molecule has 2 heterocycles. The van der Waals surface area contributed by atoms with Crippen LogP contribution < -0.4 is 0 Å². The first-order valence-electron chi connectivity index (χ1n) is 10.4. The maximum Gasteiger partial charge on any atom is 0.303 e. The quantitative estimate of drug-likeness (QED) is 0.417. The highest BCUT2D eigenvalue weighted by Gasteiger charge is 2.51. The van der Waals surface area contributed by atoms with Gasteiger partial charge in [0.1, 0.15) is 17.8 Å². The van der Waals surface area contributed by atoms with Gasteiger partial charge in [-0.15, -0.1) is 0 Å². The first kappa shape index (κ1) is 22.9. The van der Waals surface area contributed by atoms with E-state index in [1.165, 1.54) is 0 Å². The van der Waals surface area contributed by atoms with Crippen molar-refractivity contribution in [3.05, 3.63) is 71.8 Å². The molecule has 2 fully saturated rings. The molecule has 4 rings (SSSR count). The zero-order valence-corrected chi connectivity index (χ0v) is 17.3. The highest BCUT2D eigenvalue weighted by Crippen LogP contribution is 2.44. The van der Waals surface area contributed by atoms with Crippen molar-refractivity contribution in [2.45, 2.75) is 43.5 Å². The van der Waals surface area contributed by atoms with E-state index in [0.717, 1.165) is 24.3 Å². The number of carbonyl (C=O) groups is 2. The highest BCUT2D eigenvalue weighted by molar-refractivity contribution is 5.67. The number of carboxylic acids is 2. The van der Waals surface area contributed by atoms with Crippen LogP contribution >= 0.6 is 0 Å². The number of epoxide rings is 2. The van der Waals surface area contributed by atoms with Gasteiger partial charge in [0.15, 0.2) is 0 Å². The summed E-state index contributed by atoms with van der Waals surface area (Å²) >= 11 is 0. The molecule has 31 heavy (non-hydrogen) atoms. The lowest BCUT2D eigenvalue weighted by atomic mass is 9.83. The van der Waals surface area contributed by atoms with Crippen LogP contribution in [0, 0.1) is 0 Å². The molecule has 2 N–H and O–H groups in total. The van der Waals surface area contributed by atoms with Gasteiger partial charge in [-0.1, -0.05) is 60.7 Å². The van der Waals surface area contributed by atoms with Crippen molar-refractivity contribution in [3.63, 3.8) is 0 Å². The molecule has 2 aromatic carbocycles. The van der Waals surface area contributed by atoms with Crippen molar-refractivity contribution in [1.82, 2.24) is 0 Å². The summed E-state index contributed by atoms with van der Waals surface area (Å²) in [6.07, 6.45) is 1.32. The fourth-order valence-electron chi connectivity index (χ4n) is 3.39. The van der Waals surface area contributed by atoms with Gasteiger partial charge in [-0.05, 0) is 24.0 Å². The van der Waals surface area contributed by atoms with Crippen LogP contribution in [0.25, 0.3) is 0 Å². The Hall–Kier alpha value is -2.74. The van der Waals surface area contributed by atoms with Gasteiger partial charge >= 0.3 is 11.9 Å². The number of ether oxygens (including phenoxy) is 3. The molecule has 2 saturated heterocycles. The third-order valence-electron chi connectivity index (χ3n) is 5.12. The van der Waals surface area contributed by atoms with E-state index >= 15 is 0 Å². The number of hydrogen-bond acceptors (Lipinski definition) is 5. The largest absolute Gasteiger partial charge is 0.481 e. The molecule has 0 radical (unpaired) electrons. The van der Waals surface area contributed by atoms with Gasteiger partial charge < -0.3 is 24.4 Å². The summed E-state index contributed by atoms with van der Waals surface area (Å²) in [5.41, 5.74) is 1.74. The van der Waals surface area contributed by atoms with Gasteiger partial charge in [-0.3, -0.25) is 9.59 Å². The first-order valence-corrected chi connectivity index (χ1v) is 10.4. The zero-order chi connectivity index (χ0) is 22.1. The Morgan fingerprint density at radius 3 is 1.65 bits per heavy atom. The molecule has 2 unspecified atom stereocenters. The highest BCUT2D eigenvalue weighted by atomic mass is 16.6. The van der Waals surface area contributed by atoms with Gasteiger partial charge in [0, 0.05) is 12.8 Å². The second-order valence-corrected chi connectivity index (χ2v) is 7.55. The Balaban J connectivity index is 0.000000233. The molecule has 0 amide bonds. The molecule has 0 aromatic heterocycles. The molecule has 7 nitrogen and oxygen atoms in total. The lowest BCUT2D eigenvalue weighted by Gasteiger charge is -2.33. The summed E-state index contributed by atoms with van der Waals surface area (Å²) in [6.45, 7) is 2.13. The van der Waals surface area contributed by atoms with Gasteiger partial charge in [0.25, 0.3) is 0 Å². The average Bonchev–Trinajstić information content (AvgIpc) is 3.68. The average molecular weight is 428 g/mol. The SMILES string of the molecule is O=C(O)CCCCC(=O)O.c1ccc(C(OCC2CO2)(c2ccccc2)C2CO2)cc1. The zero-order valence-electron chi connectivity index (χ0n) is 17.3.